The smallest absolute Gasteiger partial charge is 0.118 e. The van der Waals surface area contributed by atoms with Crippen molar-refractivity contribution in [3.8, 4) is 5.75 Å². The monoisotopic (exact) mass is 279 g/mol. The largest absolute Gasteiger partial charge is 0.497 e. The maximum absolute atomic E-state index is 9.70. The zero-order chi connectivity index (χ0) is 14.4. The summed E-state index contributed by atoms with van der Waals surface area (Å²) >= 11 is 0. The number of ether oxygens (including phenoxy) is 2. The molecular weight excluding hydrogens is 254 g/mol. The van der Waals surface area contributed by atoms with Gasteiger partial charge in [-0.15, -0.1) is 0 Å². The number of nitrogens with zero attached hydrogens (tertiary/aromatic N) is 1. The fourth-order valence-electron chi connectivity index (χ4n) is 2.88. The summed E-state index contributed by atoms with van der Waals surface area (Å²) in [7, 11) is 3.77. The highest BCUT2D eigenvalue weighted by Gasteiger charge is 2.33. The van der Waals surface area contributed by atoms with Gasteiger partial charge in [0.15, 0.2) is 0 Å². The summed E-state index contributed by atoms with van der Waals surface area (Å²) in [5.41, 5.74) is 1.15. The Bertz CT molecular complexity index is 399. The molecular formula is C16H25NO3. The van der Waals surface area contributed by atoms with Crippen LogP contribution in [0.2, 0.25) is 0 Å². The molecule has 1 saturated heterocycles. The van der Waals surface area contributed by atoms with Gasteiger partial charge < -0.3 is 19.5 Å². The second-order valence-corrected chi connectivity index (χ2v) is 5.83. The molecule has 2 rings (SSSR count). The fraction of sp³-hybridized carbons (Fsp3) is 0.625. The summed E-state index contributed by atoms with van der Waals surface area (Å²) in [6.07, 6.45) is 2.08. The summed E-state index contributed by atoms with van der Waals surface area (Å²) in [6.45, 7) is 3.40. The Balaban J connectivity index is 1.91. The predicted molar refractivity (Wildman–Crippen MR) is 78.9 cm³/mol. The molecule has 1 aromatic carbocycles. The molecule has 1 N–H and O–H groups in total. The van der Waals surface area contributed by atoms with Crippen LogP contribution in [0.5, 0.6) is 5.75 Å². The topological polar surface area (TPSA) is 41.9 Å². The minimum atomic E-state index is -0.0977. The van der Waals surface area contributed by atoms with Gasteiger partial charge in [0.2, 0.25) is 0 Å². The van der Waals surface area contributed by atoms with Crippen molar-refractivity contribution in [2.45, 2.75) is 19.4 Å². The maximum atomic E-state index is 9.70. The highest BCUT2D eigenvalue weighted by Crippen LogP contribution is 2.29. The lowest BCUT2D eigenvalue weighted by molar-refractivity contribution is -0.0531. The molecule has 0 saturated carbocycles. The third-order valence-electron chi connectivity index (χ3n) is 3.96. The van der Waals surface area contributed by atoms with Crippen LogP contribution >= 0.6 is 0 Å². The van der Waals surface area contributed by atoms with Crippen molar-refractivity contribution in [2.24, 2.45) is 5.41 Å². The second-order valence-electron chi connectivity index (χ2n) is 5.83. The normalized spacial score (nSPS) is 23.0. The number of aliphatic hydroxyl groups is 1. The minimum Gasteiger partial charge on any atom is -0.497 e. The van der Waals surface area contributed by atoms with Crippen LogP contribution in [0.25, 0.3) is 0 Å². The van der Waals surface area contributed by atoms with Crippen molar-refractivity contribution >= 4 is 0 Å². The van der Waals surface area contributed by atoms with E-state index in [1.54, 1.807) is 7.11 Å². The second kappa shape index (κ2) is 7.07. The highest BCUT2D eigenvalue weighted by molar-refractivity contribution is 5.27. The van der Waals surface area contributed by atoms with Gasteiger partial charge in [0.1, 0.15) is 5.75 Å². The summed E-state index contributed by atoms with van der Waals surface area (Å²) in [4.78, 5) is 2.26. The molecule has 0 bridgehead atoms. The standard InChI is InChI=1S/C16H25NO3/c1-17(10-14-4-6-15(19-2)7-5-14)11-16(12-18)8-3-9-20-13-16/h4-7,18H,3,8-13H2,1-2H3. The molecule has 1 aliphatic rings. The molecule has 20 heavy (non-hydrogen) atoms. The molecule has 0 aliphatic carbocycles. The van der Waals surface area contributed by atoms with Crippen LogP contribution in [0.15, 0.2) is 24.3 Å². The van der Waals surface area contributed by atoms with Gasteiger partial charge in [-0.3, -0.25) is 0 Å². The summed E-state index contributed by atoms with van der Waals surface area (Å²) < 4.78 is 10.7. The van der Waals surface area contributed by atoms with Crippen molar-refractivity contribution in [2.75, 3.05) is 40.5 Å². The van der Waals surface area contributed by atoms with E-state index < -0.39 is 0 Å². The third-order valence-corrected chi connectivity index (χ3v) is 3.96. The van der Waals surface area contributed by atoms with E-state index in [-0.39, 0.29) is 12.0 Å². The van der Waals surface area contributed by atoms with Crippen LogP contribution < -0.4 is 4.74 Å². The molecule has 112 valence electrons. The lowest BCUT2D eigenvalue weighted by Crippen LogP contribution is -2.44. The lowest BCUT2D eigenvalue weighted by Gasteiger charge is -2.38. The summed E-state index contributed by atoms with van der Waals surface area (Å²) in [5.74, 6) is 0.879. The summed E-state index contributed by atoms with van der Waals surface area (Å²) in [5, 5.41) is 9.70. The lowest BCUT2D eigenvalue weighted by atomic mass is 9.83. The molecule has 0 aromatic heterocycles. The number of rotatable bonds is 6. The molecule has 1 fully saturated rings. The molecule has 0 amide bonds. The highest BCUT2D eigenvalue weighted by atomic mass is 16.5. The number of aliphatic hydroxyl groups excluding tert-OH is 1. The van der Waals surface area contributed by atoms with Gasteiger partial charge in [-0.05, 0) is 37.6 Å². The Morgan fingerprint density at radius 3 is 2.65 bits per heavy atom. The van der Waals surface area contributed by atoms with Crippen molar-refractivity contribution in [3.05, 3.63) is 29.8 Å². The van der Waals surface area contributed by atoms with Gasteiger partial charge in [-0.2, -0.15) is 0 Å². The zero-order valence-corrected chi connectivity index (χ0v) is 12.5. The molecule has 0 spiro atoms. The zero-order valence-electron chi connectivity index (χ0n) is 12.5. The Hall–Kier alpha value is -1.10. The molecule has 1 aromatic rings. The van der Waals surface area contributed by atoms with E-state index in [2.05, 4.69) is 24.1 Å². The molecule has 0 radical (unpaired) electrons. The molecule has 1 heterocycles. The van der Waals surface area contributed by atoms with Crippen LogP contribution in [0, 0.1) is 5.41 Å². The number of hydrogen-bond acceptors (Lipinski definition) is 4. The Kier molecular flexibility index (Phi) is 5.40. The average molecular weight is 279 g/mol. The number of hydrogen-bond donors (Lipinski definition) is 1. The van der Waals surface area contributed by atoms with Gasteiger partial charge in [0, 0.05) is 25.1 Å². The van der Waals surface area contributed by atoms with Crippen LogP contribution in [-0.2, 0) is 11.3 Å². The van der Waals surface area contributed by atoms with E-state index >= 15 is 0 Å². The van der Waals surface area contributed by atoms with Crippen LogP contribution in [0.3, 0.4) is 0 Å². The van der Waals surface area contributed by atoms with E-state index in [4.69, 9.17) is 9.47 Å². The van der Waals surface area contributed by atoms with Crippen molar-refractivity contribution in [1.82, 2.24) is 4.90 Å². The molecule has 1 atom stereocenters. The van der Waals surface area contributed by atoms with Crippen molar-refractivity contribution in [1.29, 1.82) is 0 Å². The summed E-state index contributed by atoms with van der Waals surface area (Å²) in [6, 6.07) is 8.13. The predicted octanol–water partition coefficient (Wildman–Crippen LogP) is 1.92. The van der Waals surface area contributed by atoms with Crippen molar-refractivity contribution < 1.29 is 14.6 Å². The number of benzene rings is 1. The quantitative estimate of drug-likeness (QED) is 0.864. The molecule has 4 nitrogen and oxygen atoms in total. The maximum Gasteiger partial charge on any atom is 0.118 e. The van der Waals surface area contributed by atoms with E-state index in [9.17, 15) is 5.11 Å². The van der Waals surface area contributed by atoms with Crippen molar-refractivity contribution in [3.63, 3.8) is 0 Å². The van der Waals surface area contributed by atoms with Gasteiger partial charge in [-0.25, -0.2) is 0 Å². The molecule has 1 aliphatic heterocycles. The van der Waals surface area contributed by atoms with Crippen LogP contribution in [-0.4, -0.2) is 50.5 Å². The SMILES string of the molecule is COc1ccc(CN(C)CC2(CO)CCCOC2)cc1. The van der Waals surface area contributed by atoms with Gasteiger partial charge in [0.05, 0.1) is 20.3 Å². The Morgan fingerprint density at radius 1 is 1.35 bits per heavy atom. The van der Waals surface area contributed by atoms with E-state index in [1.807, 2.05) is 12.1 Å². The Labute approximate surface area is 121 Å². The third kappa shape index (κ3) is 3.95. The number of methoxy groups -OCH3 is 1. The Morgan fingerprint density at radius 2 is 2.10 bits per heavy atom. The van der Waals surface area contributed by atoms with E-state index in [0.29, 0.717) is 6.61 Å². The fourth-order valence-corrected chi connectivity index (χ4v) is 2.88. The van der Waals surface area contributed by atoms with E-state index in [0.717, 1.165) is 38.3 Å². The average Bonchev–Trinajstić information content (AvgIpc) is 2.49. The molecule has 1 unspecified atom stereocenters. The first-order valence-electron chi connectivity index (χ1n) is 7.17. The minimum absolute atomic E-state index is 0.0977. The van der Waals surface area contributed by atoms with Gasteiger partial charge >= 0.3 is 0 Å². The first-order valence-corrected chi connectivity index (χ1v) is 7.17. The molecule has 4 heteroatoms. The first kappa shape index (κ1) is 15.3. The van der Waals surface area contributed by atoms with Gasteiger partial charge in [0.25, 0.3) is 0 Å². The van der Waals surface area contributed by atoms with Crippen LogP contribution in [0.4, 0.5) is 0 Å². The van der Waals surface area contributed by atoms with Crippen LogP contribution in [0.1, 0.15) is 18.4 Å². The van der Waals surface area contributed by atoms with E-state index in [1.165, 1.54) is 5.56 Å². The van der Waals surface area contributed by atoms with Gasteiger partial charge in [-0.1, -0.05) is 12.1 Å². The first-order chi connectivity index (χ1) is 9.67.